The molecule has 1 aromatic carbocycles. The molecule has 0 saturated heterocycles. The molecule has 1 unspecified atom stereocenters. The first-order valence-electron chi connectivity index (χ1n) is 4.14. The van der Waals surface area contributed by atoms with Gasteiger partial charge >= 0.3 is 0 Å². The van der Waals surface area contributed by atoms with Crippen LogP contribution in [0.15, 0.2) is 18.2 Å². The summed E-state index contributed by atoms with van der Waals surface area (Å²) in [6.07, 6.45) is 0. The first-order chi connectivity index (χ1) is 5.97. The van der Waals surface area contributed by atoms with E-state index in [1.807, 2.05) is 19.1 Å². The molecule has 1 atom stereocenters. The van der Waals surface area contributed by atoms with Crippen LogP contribution in [0.2, 0.25) is 5.02 Å². The Bertz CT molecular complexity index is 310. The smallest absolute Gasteiger partial charge is 0.0650 e. The maximum atomic E-state index is 9.08. The van der Waals surface area contributed by atoms with Gasteiger partial charge in [0.25, 0.3) is 0 Å². The molecule has 0 heterocycles. The Kier molecular flexibility index (Phi) is 2.96. The molecule has 3 heteroatoms. The Morgan fingerprint density at radius 1 is 1.54 bits per heavy atom. The molecule has 0 fully saturated rings. The summed E-state index contributed by atoms with van der Waals surface area (Å²) in [4.78, 5) is 0. The molecular weight excluding hydrogens is 186 g/mol. The van der Waals surface area contributed by atoms with Gasteiger partial charge in [0, 0.05) is 5.02 Å². The number of nitrogens with two attached hydrogens (primary N) is 1. The highest BCUT2D eigenvalue weighted by Gasteiger charge is 2.21. The van der Waals surface area contributed by atoms with Crippen LogP contribution in [0, 0.1) is 6.92 Å². The fourth-order valence-corrected chi connectivity index (χ4v) is 1.58. The van der Waals surface area contributed by atoms with E-state index in [9.17, 15) is 0 Å². The lowest BCUT2D eigenvalue weighted by molar-refractivity contribution is 0.209. The predicted molar refractivity (Wildman–Crippen MR) is 54.8 cm³/mol. The van der Waals surface area contributed by atoms with E-state index in [-0.39, 0.29) is 6.61 Å². The van der Waals surface area contributed by atoms with Crippen molar-refractivity contribution in [2.45, 2.75) is 19.4 Å². The number of hydrogen-bond donors (Lipinski definition) is 2. The zero-order valence-corrected chi connectivity index (χ0v) is 8.60. The van der Waals surface area contributed by atoms with Crippen LogP contribution < -0.4 is 5.73 Å². The molecule has 0 aromatic heterocycles. The topological polar surface area (TPSA) is 46.2 Å². The fourth-order valence-electron chi connectivity index (χ4n) is 1.35. The van der Waals surface area contributed by atoms with E-state index in [0.717, 1.165) is 11.1 Å². The van der Waals surface area contributed by atoms with Gasteiger partial charge in [0.2, 0.25) is 0 Å². The van der Waals surface area contributed by atoms with E-state index in [1.54, 1.807) is 13.0 Å². The van der Waals surface area contributed by atoms with Gasteiger partial charge < -0.3 is 10.8 Å². The van der Waals surface area contributed by atoms with Crippen LogP contribution in [0.25, 0.3) is 0 Å². The number of benzene rings is 1. The van der Waals surface area contributed by atoms with Crippen molar-refractivity contribution in [3.63, 3.8) is 0 Å². The molecule has 0 radical (unpaired) electrons. The van der Waals surface area contributed by atoms with Crippen molar-refractivity contribution < 1.29 is 5.11 Å². The molecule has 1 rings (SSSR count). The van der Waals surface area contributed by atoms with E-state index >= 15 is 0 Å². The number of hydrogen-bond acceptors (Lipinski definition) is 2. The number of halogens is 1. The zero-order valence-electron chi connectivity index (χ0n) is 7.84. The van der Waals surface area contributed by atoms with Crippen molar-refractivity contribution in [3.8, 4) is 0 Å². The third kappa shape index (κ3) is 2.21. The number of rotatable bonds is 2. The highest BCUT2D eigenvalue weighted by Crippen LogP contribution is 2.23. The van der Waals surface area contributed by atoms with Gasteiger partial charge in [0.15, 0.2) is 0 Å². The molecule has 0 aliphatic carbocycles. The molecule has 2 nitrogen and oxygen atoms in total. The summed E-state index contributed by atoms with van der Waals surface area (Å²) in [5.41, 5.74) is 7.15. The van der Waals surface area contributed by atoms with Crippen LogP contribution in [0.3, 0.4) is 0 Å². The number of aliphatic hydroxyl groups excluding tert-OH is 1. The SMILES string of the molecule is Cc1cc(Cl)ccc1C(C)(N)CO. The molecule has 0 saturated carbocycles. The molecular formula is C10H14ClNO. The Labute approximate surface area is 83.3 Å². The second-order valence-electron chi connectivity index (χ2n) is 3.53. The molecule has 3 N–H and O–H groups in total. The van der Waals surface area contributed by atoms with Crippen molar-refractivity contribution in [2.24, 2.45) is 5.73 Å². The normalized spacial score (nSPS) is 15.5. The second-order valence-corrected chi connectivity index (χ2v) is 3.97. The van der Waals surface area contributed by atoms with Gasteiger partial charge in [-0.25, -0.2) is 0 Å². The lowest BCUT2D eigenvalue weighted by Gasteiger charge is -2.24. The molecule has 0 spiro atoms. The summed E-state index contributed by atoms with van der Waals surface area (Å²) in [5, 5.41) is 9.77. The highest BCUT2D eigenvalue weighted by atomic mass is 35.5. The van der Waals surface area contributed by atoms with Gasteiger partial charge in [-0.2, -0.15) is 0 Å². The second kappa shape index (κ2) is 3.66. The average molecular weight is 200 g/mol. The third-order valence-electron chi connectivity index (χ3n) is 2.13. The summed E-state index contributed by atoms with van der Waals surface area (Å²) in [5.74, 6) is 0. The lowest BCUT2D eigenvalue weighted by Crippen LogP contribution is -2.37. The van der Waals surface area contributed by atoms with Crippen LogP contribution in [0.4, 0.5) is 0 Å². The van der Waals surface area contributed by atoms with Crippen molar-refractivity contribution in [3.05, 3.63) is 34.3 Å². The molecule has 0 bridgehead atoms. The lowest BCUT2D eigenvalue weighted by atomic mass is 9.90. The van der Waals surface area contributed by atoms with E-state index in [4.69, 9.17) is 22.4 Å². The summed E-state index contributed by atoms with van der Waals surface area (Å²) < 4.78 is 0. The molecule has 13 heavy (non-hydrogen) atoms. The Morgan fingerprint density at radius 3 is 2.62 bits per heavy atom. The van der Waals surface area contributed by atoms with Gasteiger partial charge in [-0.15, -0.1) is 0 Å². The monoisotopic (exact) mass is 199 g/mol. The first-order valence-corrected chi connectivity index (χ1v) is 4.51. The Hall–Kier alpha value is -0.570. The molecule has 1 aromatic rings. The van der Waals surface area contributed by atoms with E-state index in [2.05, 4.69) is 0 Å². The van der Waals surface area contributed by atoms with Crippen molar-refractivity contribution in [2.75, 3.05) is 6.61 Å². The Balaban J connectivity index is 3.16. The average Bonchev–Trinajstić information content (AvgIpc) is 2.03. The van der Waals surface area contributed by atoms with Crippen LogP contribution in [-0.4, -0.2) is 11.7 Å². The zero-order chi connectivity index (χ0) is 10.1. The highest BCUT2D eigenvalue weighted by molar-refractivity contribution is 6.30. The van der Waals surface area contributed by atoms with Gasteiger partial charge in [0.05, 0.1) is 12.1 Å². The molecule has 0 aliphatic rings. The standard InChI is InChI=1S/C10H14ClNO/c1-7-5-8(11)3-4-9(7)10(2,12)6-13/h3-5,13H,6,12H2,1-2H3. The van der Waals surface area contributed by atoms with Crippen LogP contribution in [0.1, 0.15) is 18.1 Å². The minimum absolute atomic E-state index is 0.0739. The van der Waals surface area contributed by atoms with Gasteiger partial charge in [0.1, 0.15) is 0 Å². The molecule has 72 valence electrons. The van der Waals surface area contributed by atoms with E-state index in [1.165, 1.54) is 0 Å². The number of aliphatic hydroxyl groups is 1. The maximum Gasteiger partial charge on any atom is 0.0650 e. The summed E-state index contributed by atoms with van der Waals surface area (Å²) >= 11 is 5.81. The van der Waals surface area contributed by atoms with Crippen molar-refractivity contribution in [1.29, 1.82) is 0 Å². The van der Waals surface area contributed by atoms with Crippen molar-refractivity contribution >= 4 is 11.6 Å². The van der Waals surface area contributed by atoms with Gasteiger partial charge in [-0.3, -0.25) is 0 Å². The number of aryl methyl sites for hydroxylation is 1. The van der Waals surface area contributed by atoms with Gasteiger partial charge in [-0.1, -0.05) is 17.7 Å². The van der Waals surface area contributed by atoms with Crippen LogP contribution >= 0.6 is 11.6 Å². The fraction of sp³-hybridized carbons (Fsp3) is 0.400. The quantitative estimate of drug-likeness (QED) is 0.763. The van der Waals surface area contributed by atoms with Gasteiger partial charge in [-0.05, 0) is 37.1 Å². The summed E-state index contributed by atoms with van der Waals surface area (Å²) in [7, 11) is 0. The first kappa shape index (κ1) is 10.5. The minimum atomic E-state index is -0.686. The van der Waals surface area contributed by atoms with Crippen LogP contribution in [-0.2, 0) is 5.54 Å². The summed E-state index contributed by atoms with van der Waals surface area (Å²) in [6.45, 7) is 3.65. The van der Waals surface area contributed by atoms with E-state index < -0.39 is 5.54 Å². The largest absolute Gasteiger partial charge is 0.394 e. The molecule has 0 aliphatic heterocycles. The maximum absolute atomic E-state index is 9.08. The summed E-state index contributed by atoms with van der Waals surface area (Å²) in [6, 6.07) is 5.48. The third-order valence-corrected chi connectivity index (χ3v) is 2.37. The van der Waals surface area contributed by atoms with Crippen molar-refractivity contribution in [1.82, 2.24) is 0 Å². The van der Waals surface area contributed by atoms with E-state index in [0.29, 0.717) is 5.02 Å². The Morgan fingerprint density at radius 2 is 2.15 bits per heavy atom. The minimum Gasteiger partial charge on any atom is -0.394 e. The van der Waals surface area contributed by atoms with Crippen LogP contribution in [0.5, 0.6) is 0 Å². The molecule has 0 amide bonds. The predicted octanol–water partition coefficient (Wildman–Crippen LogP) is 1.81.